The van der Waals surface area contributed by atoms with Crippen LogP contribution >= 0.6 is 35.6 Å². The number of rotatable bonds is 10. The molecule has 0 saturated carbocycles. The Balaban J connectivity index is 0.00000529. The summed E-state index contributed by atoms with van der Waals surface area (Å²) in [5.41, 5.74) is 1.12. The van der Waals surface area contributed by atoms with E-state index in [4.69, 9.17) is 11.6 Å². The van der Waals surface area contributed by atoms with Crippen molar-refractivity contribution in [3.8, 4) is 0 Å². The van der Waals surface area contributed by atoms with Crippen LogP contribution in [0.25, 0.3) is 0 Å². The van der Waals surface area contributed by atoms with Gasteiger partial charge in [-0.3, -0.25) is 0 Å². The summed E-state index contributed by atoms with van der Waals surface area (Å²) >= 11 is 6.01. The molecule has 24 heavy (non-hydrogen) atoms. The van der Waals surface area contributed by atoms with Crippen LogP contribution in [-0.2, 0) is 6.54 Å². The second kappa shape index (κ2) is 14.8. The Labute approximate surface area is 169 Å². The molecule has 6 heteroatoms. The highest BCUT2D eigenvalue weighted by molar-refractivity contribution is 14.0. The Kier molecular flexibility index (Phi) is 14.5. The quantitative estimate of drug-likeness (QED) is 0.236. The molecule has 1 aromatic carbocycles. The van der Waals surface area contributed by atoms with Crippen molar-refractivity contribution in [2.45, 2.75) is 40.2 Å². The van der Waals surface area contributed by atoms with Gasteiger partial charge >= 0.3 is 0 Å². The smallest absolute Gasteiger partial charge is 0.191 e. The maximum absolute atomic E-state index is 6.01. The van der Waals surface area contributed by atoms with Crippen molar-refractivity contribution >= 4 is 41.5 Å². The molecule has 1 rings (SSSR count). The fourth-order valence-corrected chi connectivity index (χ4v) is 2.57. The monoisotopic (exact) mass is 466 g/mol. The zero-order valence-electron chi connectivity index (χ0n) is 15.1. The minimum atomic E-state index is 0. The van der Waals surface area contributed by atoms with Crippen LogP contribution in [0.4, 0.5) is 0 Å². The third-order valence-electron chi connectivity index (χ3n) is 3.74. The number of nitrogens with zero attached hydrogens (tertiary/aromatic N) is 2. The van der Waals surface area contributed by atoms with E-state index in [1.807, 2.05) is 24.3 Å². The van der Waals surface area contributed by atoms with Gasteiger partial charge in [0.05, 0.1) is 6.54 Å². The van der Waals surface area contributed by atoms with Crippen LogP contribution in [0.3, 0.4) is 0 Å². The number of guanidine groups is 1. The van der Waals surface area contributed by atoms with Crippen LogP contribution in [-0.4, -0.2) is 43.6 Å². The first-order chi connectivity index (χ1) is 11.2. The van der Waals surface area contributed by atoms with Gasteiger partial charge in [-0.25, -0.2) is 4.99 Å². The molecule has 0 amide bonds. The van der Waals surface area contributed by atoms with Crippen LogP contribution in [0.15, 0.2) is 29.3 Å². The molecule has 1 aromatic rings. The van der Waals surface area contributed by atoms with Gasteiger partial charge in [0.15, 0.2) is 5.96 Å². The molecule has 0 aliphatic carbocycles. The number of hydrogen-bond acceptors (Lipinski definition) is 2. The number of benzene rings is 1. The molecule has 0 fully saturated rings. The molecule has 0 saturated heterocycles. The first-order valence-corrected chi connectivity index (χ1v) is 9.06. The minimum Gasteiger partial charge on any atom is -0.357 e. The summed E-state index contributed by atoms with van der Waals surface area (Å²) < 4.78 is 0. The maximum atomic E-state index is 6.01. The van der Waals surface area contributed by atoms with Gasteiger partial charge in [-0.05, 0) is 57.1 Å². The molecule has 0 spiro atoms. The fraction of sp³-hybridized carbons (Fsp3) is 0.611. The number of aliphatic imine (C=N–C) groups is 1. The van der Waals surface area contributed by atoms with Gasteiger partial charge in [0, 0.05) is 18.1 Å². The molecular weight excluding hydrogens is 435 g/mol. The van der Waals surface area contributed by atoms with Crippen LogP contribution in [0, 0.1) is 0 Å². The third-order valence-corrected chi connectivity index (χ3v) is 3.98. The van der Waals surface area contributed by atoms with Crippen molar-refractivity contribution in [2.75, 3.05) is 32.7 Å². The molecular formula is C18H32ClIN4. The summed E-state index contributed by atoms with van der Waals surface area (Å²) in [7, 11) is 0. The summed E-state index contributed by atoms with van der Waals surface area (Å²) in [6.07, 6.45) is 2.36. The van der Waals surface area contributed by atoms with E-state index in [1.165, 1.54) is 13.0 Å². The van der Waals surface area contributed by atoms with Crippen molar-refractivity contribution in [2.24, 2.45) is 4.99 Å². The lowest BCUT2D eigenvalue weighted by Crippen LogP contribution is -2.38. The zero-order valence-corrected chi connectivity index (χ0v) is 18.2. The number of nitrogens with one attached hydrogen (secondary N) is 2. The first kappa shape index (κ1) is 23.5. The summed E-state index contributed by atoms with van der Waals surface area (Å²) in [4.78, 5) is 7.07. The highest BCUT2D eigenvalue weighted by atomic mass is 127. The standard InChI is InChI=1S/C18H31ClN4.HI/c1-4-20-18(21-12-7-8-13-23(5-2)6-3)22-15-16-10-9-11-17(19)14-16;/h9-11,14H,4-8,12-13,15H2,1-3H3,(H2,20,21,22);1H. The van der Waals surface area contributed by atoms with Crippen molar-refractivity contribution in [3.63, 3.8) is 0 Å². The molecule has 0 aliphatic heterocycles. The van der Waals surface area contributed by atoms with E-state index in [0.29, 0.717) is 6.54 Å². The Hall–Kier alpha value is -0.530. The van der Waals surface area contributed by atoms with E-state index in [-0.39, 0.29) is 24.0 Å². The fourth-order valence-electron chi connectivity index (χ4n) is 2.35. The molecule has 2 N–H and O–H groups in total. The molecule has 4 nitrogen and oxygen atoms in total. The Morgan fingerprint density at radius 3 is 2.50 bits per heavy atom. The highest BCUT2D eigenvalue weighted by Crippen LogP contribution is 2.11. The van der Waals surface area contributed by atoms with Gasteiger partial charge in [-0.2, -0.15) is 0 Å². The highest BCUT2D eigenvalue weighted by Gasteiger charge is 2.00. The predicted octanol–water partition coefficient (Wildman–Crippen LogP) is 4.14. The van der Waals surface area contributed by atoms with E-state index in [2.05, 4.69) is 41.3 Å². The van der Waals surface area contributed by atoms with E-state index in [0.717, 1.165) is 49.1 Å². The largest absolute Gasteiger partial charge is 0.357 e. The van der Waals surface area contributed by atoms with Crippen molar-refractivity contribution < 1.29 is 0 Å². The average molecular weight is 467 g/mol. The van der Waals surface area contributed by atoms with E-state index in [9.17, 15) is 0 Å². The van der Waals surface area contributed by atoms with Gasteiger partial charge in [-0.1, -0.05) is 37.6 Å². The van der Waals surface area contributed by atoms with Gasteiger partial charge in [0.25, 0.3) is 0 Å². The summed E-state index contributed by atoms with van der Waals surface area (Å²) in [5.74, 6) is 0.871. The SMILES string of the molecule is CCNC(=NCc1cccc(Cl)c1)NCCCCN(CC)CC.I. The van der Waals surface area contributed by atoms with E-state index >= 15 is 0 Å². The molecule has 0 bridgehead atoms. The molecule has 0 atom stereocenters. The van der Waals surface area contributed by atoms with Crippen LogP contribution in [0.5, 0.6) is 0 Å². The maximum Gasteiger partial charge on any atom is 0.191 e. The lowest BCUT2D eigenvalue weighted by molar-refractivity contribution is 0.297. The number of hydrogen-bond donors (Lipinski definition) is 2. The zero-order chi connectivity index (χ0) is 16.9. The summed E-state index contributed by atoms with van der Waals surface area (Å²) in [5, 5.41) is 7.44. The van der Waals surface area contributed by atoms with Gasteiger partial charge in [-0.15, -0.1) is 24.0 Å². The molecule has 138 valence electrons. The minimum absolute atomic E-state index is 0. The summed E-state index contributed by atoms with van der Waals surface area (Å²) in [6, 6.07) is 7.84. The lowest BCUT2D eigenvalue weighted by atomic mass is 10.2. The first-order valence-electron chi connectivity index (χ1n) is 8.68. The van der Waals surface area contributed by atoms with Gasteiger partial charge in [0.2, 0.25) is 0 Å². The summed E-state index contributed by atoms with van der Waals surface area (Å²) in [6.45, 7) is 12.4. The van der Waals surface area contributed by atoms with Crippen LogP contribution in [0.1, 0.15) is 39.2 Å². The Morgan fingerprint density at radius 1 is 1.12 bits per heavy atom. The molecule has 0 aromatic heterocycles. The van der Waals surface area contributed by atoms with Crippen molar-refractivity contribution in [3.05, 3.63) is 34.9 Å². The second-order valence-corrected chi connectivity index (χ2v) is 5.92. The van der Waals surface area contributed by atoms with Crippen molar-refractivity contribution in [1.82, 2.24) is 15.5 Å². The molecule has 0 aliphatic rings. The van der Waals surface area contributed by atoms with Crippen LogP contribution in [0.2, 0.25) is 5.02 Å². The Morgan fingerprint density at radius 2 is 1.88 bits per heavy atom. The average Bonchev–Trinajstić information content (AvgIpc) is 2.56. The van der Waals surface area contributed by atoms with Crippen LogP contribution < -0.4 is 10.6 Å². The van der Waals surface area contributed by atoms with E-state index < -0.39 is 0 Å². The number of halogens is 2. The Bertz CT molecular complexity index is 464. The van der Waals surface area contributed by atoms with Gasteiger partial charge in [0.1, 0.15) is 0 Å². The molecule has 0 unspecified atom stereocenters. The van der Waals surface area contributed by atoms with Crippen molar-refractivity contribution in [1.29, 1.82) is 0 Å². The van der Waals surface area contributed by atoms with E-state index in [1.54, 1.807) is 0 Å². The normalized spacial score (nSPS) is 11.3. The molecule has 0 radical (unpaired) electrons. The second-order valence-electron chi connectivity index (χ2n) is 5.49. The predicted molar refractivity (Wildman–Crippen MR) is 117 cm³/mol. The lowest BCUT2D eigenvalue weighted by Gasteiger charge is -2.18. The number of unbranched alkanes of at least 4 members (excludes halogenated alkanes) is 1. The topological polar surface area (TPSA) is 39.7 Å². The third kappa shape index (κ3) is 10.4. The van der Waals surface area contributed by atoms with Gasteiger partial charge < -0.3 is 15.5 Å². The molecule has 0 heterocycles.